The van der Waals surface area contributed by atoms with E-state index < -0.39 is 0 Å². The van der Waals surface area contributed by atoms with Gasteiger partial charge in [0.25, 0.3) is 0 Å². The fourth-order valence-electron chi connectivity index (χ4n) is 2.67. The summed E-state index contributed by atoms with van der Waals surface area (Å²) in [5.41, 5.74) is 6.01. The second-order valence-electron chi connectivity index (χ2n) is 6.15. The number of aromatic nitrogens is 6. The van der Waals surface area contributed by atoms with Crippen LogP contribution in [-0.4, -0.2) is 29.5 Å². The Morgan fingerprint density at radius 1 is 1.26 bits per heavy atom. The molecule has 0 atom stereocenters. The molecule has 0 radical (unpaired) electrons. The van der Waals surface area contributed by atoms with Crippen molar-refractivity contribution in [3.8, 4) is 0 Å². The second kappa shape index (κ2) is 7.13. The van der Waals surface area contributed by atoms with Crippen molar-refractivity contribution < 1.29 is 0 Å². The molecule has 0 spiro atoms. The number of thiazole rings is 1. The van der Waals surface area contributed by atoms with Gasteiger partial charge in [0.1, 0.15) is 0 Å². The smallest absolute Gasteiger partial charge is 0.196 e. The van der Waals surface area contributed by atoms with Crippen LogP contribution < -0.4 is 0 Å². The third kappa shape index (κ3) is 3.45. The summed E-state index contributed by atoms with van der Waals surface area (Å²) in [5, 5.41) is 13.6. The molecule has 3 heterocycles. The number of allylic oxidation sites excluding steroid dienone is 2. The van der Waals surface area contributed by atoms with Crippen LogP contribution in [0.3, 0.4) is 0 Å². The molecular weight excluding hydrogens is 376 g/mol. The minimum atomic E-state index is 0.777. The summed E-state index contributed by atoms with van der Waals surface area (Å²) in [6.07, 6.45) is 7.59. The molecule has 4 rings (SSSR count). The summed E-state index contributed by atoms with van der Waals surface area (Å²) >= 11 is 3.28. The van der Waals surface area contributed by atoms with Crippen molar-refractivity contribution in [1.29, 1.82) is 0 Å². The molecule has 1 aromatic carbocycles. The minimum Gasteiger partial charge on any atom is -0.305 e. The van der Waals surface area contributed by atoms with Crippen LogP contribution in [0.15, 0.2) is 52.7 Å². The standard InChI is InChI=1S/C19H18N6S2/c1-12(14-9-21-24(3)10-14)5-8-17-22-23-19(25(17)4)27-16-7-6-15-18(13(16)2)26-11-20-15/h5-11H,1H2,2-4H3/b8-5-. The SMILES string of the molecule is C=C(/C=C\c1nnc(Sc2ccc3ncsc3c2C)n1C)c1cnn(C)c1. The Balaban J connectivity index is 1.55. The first kappa shape index (κ1) is 17.7. The highest BCUT2D eigenvalue weighted by Crippen LogP contribution is 2.34. The van der Waals surface area contributed by atoms with Crippen LogP contribution in [0, 0.1) is 6.92 Å². The largest absolute Gasteiger partial charge is 0.305 e. The van der Waals surface area contributed by atoms with Gasteiger partial charge in [-0.25, -0.2) is 4.98 Å². The molecule has 0 aliphatic carbocycles. The number of hydrogen-bond donors (Lipinski definition) is 0. The fourth-order valence-corrected chi connectivity index (χ4v) is 4.44. The summed E-state index contributed by atoms with van der Waals surface area (Å²) < 4.78 is 4.96. The van der Waals surface area contributed by atoms with Crippen LogP contribution in [0.4, 0.5) is 0 Å². The molecule has 8 heteroatoms. The van der Waals surface area contributed by atoms with Gasteiger partial charge in [0, 0.05) is 30.8 Å². The molecule has 0 fully saturated rings. The highest BCUT2D eigenvalue weighted by atomic mass is 32.2. The van der Waals surface area contributed by atoms with Crippen LogP contribution in [0.25, 0.3) is 21.9 Å². The van der Waals surface area contributed by atoms with Gasteiger partial charge in [0.15, 0.2) is 11.0 Å². The van der Waals surface area contributed by atoms with E-state index in [1.165, 1.54) is 10.3 Å². The predicted molar refractivity (Wildman–Crippen MR) is 111 cm³/mol. The van der Waals surface area contributed by atoms with Crippen molar-refractivity contribution in [2.24, 2.45) is 14.1 Å². The van der Waals surface area contributed by atoms with E-state index in [-0.39, 0.29) is 0 Å². The number of fused-ring (bicyclic) bond motifs is 1. The average molecular weight is 395 g/mol. The van der Waals surface area contributed by atoms with E-state index in [4.69, 9.17) is 0 Å². The number of aryl methyl sites for hydroxylation is 2. The highest BCUT2D eigenvalue weighted by molar-refractivity contribution is 7.99. The van der Waals surface area contributed by atoms with E-state index in [1.807, 2.05) is 42.5 Å². The first-order valence-corrected chi connectivity index (χ1v) is 9.98. The van der Waals surface area contributed by atoms with Gasteiger partial charge in [-0.1, -0.05) is 12.7 Å². The molecule has 136 valence electrons. The Bertz CT molecular complexity index is 1160. The lowest BCUT2D eigenvalue weighted by Gasteiger charge is -2.06. The van der Waals surface area contributed by atoms with Crippen LogP contribution >= 0.6 is 23.1 Å². The summed E-state index contributed by atoms with van der Waals surface area (Å²) in [5.74, 6) is 0.777. The quantitative estimate of drug-likeness (QED) is 0.471. The summed E-state index contributed by atoms with van der Waals surface area (Å²) in [7, 11) is 3.85. The number of rotatable bonds is 5. The molecule has 0 N–H and O–H groups in total. The first-order valence-electron chi connectivity index (χ1n) is 8.29. The van der Waals surface area contributed by atoms with Gasteiger partial charge >= 0.3 is 0 Å². The molecule has 4 aromatic rings. The molecule has 27 heavy (non-hydrogen) atoms. The van der Waals surface area contributed by atoms with Crippen molar-refractivity contribution in [1.82, 2.24) is 29.5 Å². The van der Waals surface area contributed by atoms with Gasteiger partial charge in [-0.3, -0.25) is 4.68 Å². The van der Waals surface area contributed by atoms with Crippen molar-refractivity contribution in [2.75, 3.05) is 0 Å². The third-order valence-corrected chi connectivity index (χ3v) is 6.44. The van der Waals surface area contributed by atoms with Crippen molar-refractivity contribution in [3.05, 3.63) is 59.6 Å². The molecule has 0 saturated heterocycles. The molecule has 3 aromatic heterocycles. The maximum absolute atomic E-state index is 4.37. The van der Waals surface area contributed by atoms with Crippen LogP contribution in [0.1, 0.15) is 17.0 Å². The third-order valence-electron chi connectivity index (χ3n) is 4.28. The van der Waals surface area contributed by atoms with Gasteiger partial charge in [0.2, 0.25) is 0 Å². The molecule has 0 bridgehead atoms. The Labute approximate surface area is 165 Å². The van der Waals surface area contributed by atoms with E-state index in [1.54, 1.807) is 34.0 Å². The van der Waals surface area contributed by atoms with Gasteiger partial charge in [-0.2, -0.15) is 5.10 Å². The monoisotopic (exact) mass is 394 g/mol. The second-order valence-corrected chi connectivity index (χ2v) is 8.02. The van der Waals surface area contributed by atoms with Gasteiger partial charge in [-0.05, 0) is 48.0 Å². The zero-order valence-electron chi connectivity index (χ0n) is 15.2. The Hall–Kier alpha value is -2.71. The average Bonchev–Trinajstić information content (AvgIpc) is 3.37. The van der Waals surface area contributed by atoms with E-state index in [9.17, 15) is 0 Å². The van der Waals surface area contributed by atoms with E-state index in [2.05, 4.69) is 45.9 Å². The molecule has 0 aliphatic rings. The maximum atomic E-state index is 4.37. The molecule has 6 nitrogen and oxygen atoms in total. The summed E-state index contributed by atoms with van der Waals surface area (Å²) in [6, 6.07) is 4.15. The number of benzene rings is 1. The fraction of sp³-hybridized carbons (Fsp3) is 0.158. The Morgan fingerprint density at radius 2 is 2.11 bits per heavy atom. The van der Waals surface area contributed by atoms with Crippen LogP contribution in [0.5, 0.6) is 0 Å². The topological polar surface area (TPSA) is 61.4 Å². The summed E-state index contributed by atoms with van der Waals surface area (Å²) in [4.78, 5) is 5.53. The van der Waals surface area contributed by atoms with Crippen LogP contribution in [-0.2, 0) is 14.1 Å². The lowest BCUT2D eigenvalue weighted by atomic mass is 10.1. The lowest BCUT2D eigenvalue weighted by Crippen LogP contribution is -1.94. The summed E-state index contributed by atoms with van der Waals surface area (Å²) in [6.45, 7) is 6.21. The first-order chi connectivity index (χ1) is 13.0. The van der Waals surface area contributed by atoms with Crippen molar-refractivity contribution in [2.45, 2.75) is 17.0 Å². The predicted octanol–water partition coefficient (Wildman–Crippen LogP) is 4.34. The Kier molecular flexibility index (Phi) is 4.67. The van der Waals surface area contributed by atoms with Gasteiger partial charge in [-0.15, -0.1) is 21.5 Å². The zero-order chi connectivity index (χ0) is 19.0. The molecular formula is C19H18N6S2. The lowest BCUT2D eigenvalue weighted by molar-refractivity contribution is 0.767. The normalized spacial score (nSPS) is 11.7. The van der Waals surface area contributed by atoms with Gasteiger partial charge in [0.05, 0.1) is 21.9 Å². The number of hydrogen-bond acceptors (Lipinski definition) is 6. The molecule has 0 saturated carbocycles. The maximum Gasteiger partial charge on any atom is 0.196 e. The molecule has 0 amide bonds. The van der Waals surface area contributed by atoms with Crippen molar-refractivity contribution >= 4 is 45.0 Å². The number of nitrogens with zero attached hydrogens (tertiary/aromatic N) is 6. The zero-order valence-corrected chi connectivity index (χ0v) is 16.9. The van der Waals surface area contributed by atoms with Crippen LogP contribution in [0.2, 0.25) is 0 Å². The molecule has 0 aliphatic heterocycles. The molecule has 0 unspecified atom stereocenters. The van der Waals surface area contributed by atoms with E-state index in [0.717, 1.165) is 32.5 Å². The van der Waals surface area contributed by atoms with Gasteiger partial charge < -0.3 is 4.57 Å². The Morgan fingerprint density at radius 3 is 2.89 bits per heavy atom. The van der Waals surface area contributed by atoms with Crippen molar-refractivity contribution in [3.63, 3.8) is 0 Å². The van der Waals surface area contributed by atoms with E-state index in [0.29, 0.717) is 0 Å². The highest BCUT2D eigenvalue weighted by Gasteiger charge is 2.12. The van der Waals surface area contributed by atoms with E-state index >= 15 is 0 Å². The minimum absolute atomic E-state index is 0.777.